The summed E-state index contributed by atoms with van der Waals surface area (Å²) in [7, 11) is 0. The molecular formula is C19H19N3O3S. The minimum atomic E-state index is -0.968. The highest BCUT2D eigenvalue weighted by molar-refractivity contribution is 7.13. The van der Waals surface area contributed by atoms with Gasteiger partial charge in [-0.2, -0.15) is 0 Å². The number of thiazole rings is 1. The molecule has 0 fully saturated rings. The molecule has 0 unspecified atom stereocenters. The molecule has 2 heterocycles. The Kier molecular flexibility index (Phi) is 4.99. The molecule has 3 aromatic rings. The van der Waals surface area contributed by atoms with Crippen molar-refractivity contribution >= 4 is 34.1 Å². The van der Waals surface area contributed by atoms with Crippen molar-refractivity contribution in [2.45, 2.75) is 27.2 Å². The molecule has 134 valence electrons. The van der Waals surface area contributed by atoms with Gasteiger partial charge in [0.25, 0.3) is 5.91 Å². The average molecular weight is 369 g/mol. The van der Waals surface area contributed by atoms with E-state index < -0.39 is 5.97 Å². The number of carbonyl (C=O) groups is 2. The number of rotatable bonds is 5. The Bertz CT molecular complexity index is 1010. The summed E-state index contributed by atoms with van der Waals surface area (Å²) in [4.78, 5) is 32.7. The fraction of sp³-hybridized carbons (Fsp3) is 0.263. The number of pyridine rings is 1. The molecule has 7 heteroatoms. The maximum atomic E-state index is 12.6. The fourth-order valence-electron chi connectivity index (χ4n) is 2.80. The Morgan fingerprint density at radius 2 is 1.92 bits per heavy atom. The number of carboxylic acids is 1. The van der Waals surface area contributed by atoms with Crippen molar-refractivity contribution in [2.75, 3.05) is 6.54 Å². The molecule has 0 bridgehead atoms. The number of benzene rings is 1. The van der Waals surface area contributed by atoms with Crippen LogP contribution in [-0.4, -0.2) is 33.5 Å². The van der Waals surface area contributed by atoms with Crippen LogP contribution >= 0.6 is 11.3 Å². The third-order valence-electron chi connectivity index (χ3n) is 4.00. The molecule has 0 saturated heterocycles. The van der Waals surface area contributed by atoms with E-state index in [0.29, 0.717) is 29.2 Å². The van der Waals surface area contributed by atoms with Crippen LogP contribution in [0.2, 0.25) is 0 Å². The first-order valence-corrected chi connectivity index (χ1v) is 9.02. The maximum Gasteiger partial charge on any atom is 0.347 e. The number of hydrogen-bond donors (Lipinski definition) is 2. The quantitative estimate of drug-likeness (QED) is 0.720. The van der Waals surface area contributed by atoms with Crippen molar-refractivity contribution < 1.29 is 14.7 Å². The number of aromatic nitrogens is 2. The first kappa shape index (κ1) is 18.0. The number of hydrogen-bond acceptors (Lipinski definition) is 5. The number of nitrogens with one attached hydrogen (secondary N) is 1. The molecule has 0 aliphatic rings. The van der Waals surface area contributed by atoms with Gasteiger partial charge in [-0.1, -0.05) is 11.6 Å². The molecule has 6 nitrogen and oxygen atoms in total. The standard InChI is InChI=1S/C19H19N3O3S/c1-10-4-5-15-13(8-10)14(9-11(2)21-15)18(23)20-7-6-16-22-12(3)17(26-16)19(24)25/h4-5,8-9H,6-7H2,1-3H3,(H,20,23)(H,24,25). The highest BCUT2D eigenvalue weighted by Crippen LogP contribution is 2.21. The zero-order valence-electron chi connectivity index (χ0n) is 14.8. The van der Waals surface area contributed by atoms with Gasteiger partial charge in [0.1, 0.15) is 4.88 Å². The number of fused-ring (bicyclic) bond motifs is 1. The highest BCUT2D eigenvalue weighted by atomic mass is 32.1. The third kappa shape index (κ3) is 3.72. The monoisotopic (exact) mass is 369 g/mol. The smallest absolute Gasteiger partial charge is 0.347 e. The lowest BCUT2D eigenvalue weighted by atomic mass is 10.0. The summed E-state index contributed by atoms with van der Waals surface area (Å²) >= 11 is 1.15. The van der Waals surface area contributed by atoms with Crippen LogP contribution in [0.5, 0.6) is 0 Å². The lowest BCUT2D eigenvalue weighted by Crippen LogP contribution is -2.26. The van der Waals surface area contributed by atoms with Crippen LogP contribution in [0.1, 0.15) is 42.0 Å². The predicted octanol–water partition coefficient (Wildman–Crippen LogP) is 3.29. The van der Waals surface area contributed by atoms with E-state index in [1.54, 1.807) is 13.0 Å². The molecule has 2 aromatic heterocycles. The van der Waals surface area contributed by atoms with E-state index >= 15 is 0 Å². The molecule has 26 heavy (non-hydrogen) atoms. The number of aromatic carboxylic acids is 1. The highest BCUT2D eigenvalue weighted by Gasteiger charge is 2.15. The Balaban J connectivity index is 1.74. The van der Waals surface area contributed by atoms with Crippen LogP contribution in [0, 0.1) is 20.8 Å². The summed E-state index contributed by atoms with van der Waals surface area (Å²) in [5.41, 5.74) is 3.75. The normalized spacial score (nSPS) is 10.9. The van der Waals surface area contributed by atoms with E-state index in [0.717, 1.165) is 33.5 Å². The molecule has 0 aliphatic heterocycles. The second kappa shape index (κ2) is 7.21. The van der Waals surface area contributed by atoms with Gasteiger partial charge in [0.15, 0.2) is 0 Å². The second-order valence-corrected chi connectivity index (χ2v) is 7.25. The van der Waals surface area contributed by atoms with Gasteiger partial charge in [0.2, 0.25) is 0 Å². The van der Waals surface area contributed by atoms with Crippen LogP contribution in [0.3, 0.4) is 0 Å². The lowest BCUT2D eigenvalue weighted by Gasteiger charge is -2.09. The van der Waals surface area contributed by atoms with E-state index in [2.05, 4.69) is 15.3 Å². The SMILES string of the molecule is Cc1ccc2nc(C)cc(C(=O)NCCc3nc(C)c(C(=O)O)s3)c2c1. The first-order chi connectivity index (χ1) is 12.3. The fourth-order valence-corrected chi connectivity index (χ4v) is 3.70. The van der Waals surface area contributed by atoms with E-state index in [9.17, 15) is 9.59 Å². The van der Waals surface area contributed by atoms with Gasteiger partial charge in [-0.05, 0) is 39.0 Å². The molecule has 1 aromatic carbocycles. The third-order valence-corrected chi connectivity index (χ3v) is 5.20. The number of amides is 1. The molecule has 0 atom stereocenters. The Morgan fingerprint density at radius 3 is 2.62 bits per heavy atom. The molecule has 0 saturated carbocycles. The van der Waals surface area contributed by atoms with Crippen LogP contribution in [-0.2, 0) is 6.42 Å². The molecule has 1 amide bonds. The first-order valence-electron chi connectivity index (χ1n) is 8.21. The largest absolute Gasteiger partial charge is 0.477 e. The van der Waals surface area contributed by atoms with E-state index in [1.807, 2.05) is 32.0 Å². The van der Waals surface area contributed by atoms with Crippen LogP contribution in [0.4, 0.5) is 0 Å². The number of carboxylic acid groups (broad SMARTS) is 1. The van der Waals surface area contributed by atoms with Crippen LogP contribution in [0.15, 0.2) is 24.3 Å². The minimum Gasteiger partial charge on any atom is -0.477 e. The van der Waals surface area contributed by atoms with Crippen LogP contribution in [0.25, 0.3) is 10.9 Å². The Morgan fingerprint density at radius 1 is 1.15 bits per heavy atom. The van der Waals surface area contributed by atoms with E-state index in [1.165, 1.54) is 0 Å². The molecule has 3 rings (SSSR count). The topological polar surface area (TPSA) is 92.2 Å². The zero-order valence-corrected chi connectivity index (χ0v) is 15.6. The van der Waals surface area contributed by atoms with E-state index in [4.69, 9.17) is 5.11 Å². The summed E-state index contributed by atoms with van der Waals surface area (Å²) in [5.74, 6) is -1.14. The van der Waals surface area contributed by atoms with Gasteiger partial charge in [-0.15, -0.1) is 11.3 Å². The number of aryl methyl sites for hydroxylation is 3. The summed E-state index contributed by atoms with van der Waals surface area (Å²) in [6.45, 7) is 5.91. The molecule has 2 N–H and O–H groups in total. The second-order valence-electron chi connectivity index (χ2n) is 6.16. The number of nitrogens with zero attached hydrogens (tertiary/aromatic N) is 2. The van der Waals surface area contributed by atoms with Crippen molar-refractivity contribution in [1.82, 2.24) is 15.3 Å². The number of carbonyl (C=O) groups excluding carboxylic acids is 1. The van der Waals surface area contributed by atoms with Gasteiger partial charge < -0.3 is 10.4 Å². The van der Waals surface area contributed by atoms with Crippen molar-refractivity contribution in [3.63, 3.8) is 0 Å². The molecule has 0 aliphatic carbocycles. The summed E-state index contributed by atoms with van der Waals surface area (Å²) in [6.07, 6.45) is 0.492. The van der Waals surface area contributed by atoms with Crippen molar-refractivity contribution in [2.24, 2.45) is 0 Å². The predicted molar refractivity (Wildman–Crippen MR) is 101 cm³/mol. The Hall–Kier alpha value is -2.80. The van der Waals surface area contributed by atoms with Gasteiger partial charge >= 0.3 is 5.97 Å². The summed E-state index contributed by atoms with van der Waals surface area (Å²) in [6, 6.07) is 7.63. The van der Waals surface area contributed by atoms with Crippen molar-refractivity contribution in [3.8, 4) is 0 Å². The summed E-state index contributed by atoms with van der Waals surface area (Å²) in [5, 5.41) is 13.5. The van der Waals surface area contributed by atoms with Gasteiger partial charge in [-0.25, -0.2) is 9.78 Å². The zero-order chi connectivity index (χ0) is 18.8. The van der Waals surface area contributed by atoms with Gasteiger partial charge in [0, 0.05) is 24.0 Å². The molecular weight excluding hydrogens is 350 g/mol. The van der Waals surface area contributed by atoms with Crippen LogP contribution < -0.4 is 5.32 Å². The van der Waals surface area contributed by atoms with Gasteiger partial charge in [0.05, 0.1) is 21.8 Å². The Labute approximate surface area is 154 Å². The van der Waals surface area contributed by atoms with Crippen molar-refractivity contribution in [3.05, 3.63) is 56.7 Å². The summed E-state index contributed by atoms with van der Waals surface area (Å²) < 4.78 is 0. The molecule has 0 radical (unpaired) electrons. The van der Waals surface area contributed by atoms with E-state index in [-0.39, 0.29) is 10.8 Å². The van der Waals surface area contributed by atoms with Crippen molar-refractivity contribution in [1.29, 1.82) is 0 Å². The molecule has 0 spiro atoms. The maximum absolute atomic E-state index is 12.6. The lowest BCUT2D eigenvalue weighted by molar-refractivity contribution is 0.0701. The average Bonchev–Trinajstić information content (AvgIpc) is 2.95. The van der Waals surface area contributed by atoms with Gasteiger partial charge in [-0.3, -0.25) is 9.78 Å². The minimum absolute atomic E-state index is 0.169.